The van der Waals surface area contributed by atoms with Gasteiger partial charge < -0.3 is 5.32 Å². The van der Waals surface area contributed by atoms with Crippen LogP contribution < -0.4 is 5.32 Å². The maximum absolute atomic E-state index is 5.24. The van der Waals surface area contributed by atoms with Crippen LogP contribution in [0.5, 0.6) is 0 Å². The monoisotopic (exact) mass is 222 g/mol. The van der Waals surface area contributed by atoms with Gasteiger partial charge in [-0.05, 0) is 6.92 Å². The minimum absolute atomic E-state index is 0.360. The molecule has 0 bridgehead atoms. The molecule has 0 spiro atoms. The van der Waals surface area contributed by atoms with Gasteiger partial charge in [-0.3, -0.25) is 0 Å². The van der Waals surface area contributed by atoms with Gasteiger partial charge >= 0.3 is 0 Å². The van der Waals surface area contributed by atoms with Gasteiger partial charge in [-0.2, -0.15) is 0 Å². The Morgan fingerprint density at radius 3 is 2.80 bits per heavy atom. The summed E-state index contributed by atoms with van der Waals surface area (Å²) in [5, 5.41) is 6.67. The summed E-state index contributed by atoms with van der Waals surface area (Å²) in [4.78, 5) is 4.55. The number of nitrogens with one attached hydrogen (secondary N) is 1. The number of thiazole rings is 1. The average molecular weight is 222 g/mol. The summed E-state index contributed by atoms with van der Waals surface area (Å²) in [6, 6.07) is 0.360. The first-order valence-electron chi connectivity index (χ1n) is 5.24. The van der Waals surface area contributed by atoms with E-state index in [1.807, 2.05) is 0 Å². The van der Waals surface area contributed by atoms with Crippen molar-refractivity contribution in [1.82, 2.24) is 10.3 Å². The van der Waals surface area contributed by atoms with E-state index in [4.69, 9.17) is 6.42 Å². The zero-order valence-electron chi connectivity index (χ0n) is 9.58. The highest BCUT2D eigenvalue weighted by Crippen LogP contribution is 2.18. The van der Waals surface area contributed by atoms with E-state index in [0.29, 0.717) is 12.0 Å². The van der Waals surface area contributed by atoms with Crippen molar-refractivity contribution in [3.8, 4) is 12.3 Å². The Hall–Kier alpha value is -0.850. The molecule has 0 fully saturated rings. The molecule has 1 heterocycles. The van der Waals surface area contributed by atoms with Crippen molar-refractivity contribution in [1.29, 1.82) is 0 Å². The van der Waals surface area contributed by atoms with E-state index in [9.17, 15) is 0 Å². The lowest BCUT2D eigenvalue weighted by molar-refractivity contribution is 0.553. The molecular formula is C12H18N2S. The van der Waals surface area contributed by atoms with Gasteiger partial charge in [0.15, 0.2) is 0 Å². The Morgan fingerprint density at radius 1 is 1.53 bits per heavy atom. The van der Waals surface area contributed by atoms with Crippen LogP contribution in [0.1, 0.15) is 43.8 Å². The maximum Gasteiger partial charge on any atom is 0.0954 e. The van der Waals surface area contributed by atoms with Crippen molar-refractivity contribution in [2.75, 3.05) is 0 Å². The topological polar surface area (TPSA) is 24.9 Å². The molecule has 0 unspecified atom stereocenters. The molecule has 0 saturated heterocycles. The van der Waals surface area contributed by atoms with Crippen molar-refractivity contribution in [2.24, 2.45) is 0 Å². The minimum Gasteiger partial charge on any atom is -0.308 e. The van der Waals surface area contributed by atoms with Crippen LogP contribution in [-0.2, 0) is 6.54 Å². The van der Waals surface area contributed by atoms with Crippen LogP contribution in [0, 0.1) is 12.3 Å². The SMILES string of the molecule is C#CC[C@H](C)NCc1csc(C(C)C)n1. The van der Waals surface area contributed by atoms with Gasteiger partial charge in [0.2, 0.25) is 0 Å². The Kier molecular flexibility index (Phi) is 4.80. The fraction of sp³-hybridized carbons (Fsp3) is 0.583. The predicted octanol–water partition coefficient (Wildman–Crippen LogP) is 2.77. The lowest BCUT2D eigenvalue weighted by atomic mass is 10.2. The molecule has 2 nitrogen and oxygen atoms in total. The summed E-state index contributed by atoms with van der Waals surface area (Å²) in [5.74, 6) is 3.17. The van der Waals surface area contributed by atoms with Crippen molar-refractivity contribution in [3.63, 3.8) is 0 Å². The summed E-state index contributed by atoms with van der Waals surface area (Å²) < 4.78 is 0. The third-order valence-corrected chi connectivity index (χ3v) is 3.31. The van der Waals surface area contributed by atoms with E-state index in [1.165, 1.54) is 5.01 Å². The molecule has 0 aliphatic heterocycles. The van der Waals surface area contributed by atoms with Gasteiger partial charge in [0.1, 0.15) is 0 Å². The molecule has 0 aliphatic rings. The van der Waals surface area contributed by atoms with Crippen molar-refractivity contribution in [3.05, 3.63) is 16.1 Å². The summed E-state index contributed by atoms with van der Waals surface area (Å²) in [6.45, 7) is 7.23. The zero-order chi connectivity index (χ0) is 11.3. The number of nitrogens with zero attached hydrogens (tertiary/aromatic N) is 1. The number of hydrogen-bond acceptors (Lipinski definition) is 3. The molecule has 1 rings (SSSR count). The van der Waals surface area contributed by atoms with E-state index in [0.717, 1.165) is 18.7 Å². The van der Waals surface area contributed by atoms with Crippen molar-refractivity contribution in [2.45, 2.75) is 45.7 Å². The standard InChI is InChI=1S/C12H18N2S/c1-5-6-10(4)13-7-11-8-15-12(14-11)9(2)3/h1,8-10,13H,6-7H2,2-4H3/t10-/m0/s1. The largest absolute Gasteiger partial charge is 0.308 e. The number of hydrogen-bond donors (Lipinski definition) is 1. The van der Waals surface area contributed by atoms with Gasteiger partial charge in [0.05, 0.1) is 10.7 Å². The van der Waals surface area contributed by atoms with E-state index >= 15 is 0 Å². The van der Waals surface area contributed by atoms with Crippen LogP contribution in [-0.4, -0.2) is 11.0 Å². The van der Waals surface area contributed by atoms with Crippen LogP contribution in [0.2, 0.25) is 0 Å². The molecule has 15 heavy (non-hydrogen) atoms. The van der Waals surface area contributed by atoms with E-state index in [-0.39, 0.29) is 0 Å². The highest BCUT2D eigenvalue weighted by molar-refractivity contribution is 7.09. The average Bonchev–Trinajstić information content (AvgIpc) is 2.63. The van der Waals surface area contributed by atoms with Crippen LogP contribution in [0.3, 0.4) is 0 Å². The van der Waals surface area contributed by atoms with Gasteiger partial charge in [0, 0.05) is 30.3 Å². The molecule has 0 saturated carbocycles. The molecule has 82 valence electrons. The van der Waals surface area contributed by atoms with Gasteiger partial charge in [-0.1, -0.05) is 13.8 Å². The number of aromatic nitrogens is 1. The second-order valence-corrected chi connectivity index (χ2v) is 4.91. The molecule has 0 aliphatic carbocycles. The lowest BCUT2D eigenvalue weighted by Gasteiger charge is -2.08. The fourth-order valence-corrected chi connectivity index (χ4v) is 2.03. The highest BCUT2D eigenvalue weighted by atomic mass is 32.1. The molecule has 1 aromatic rings. The fourth-order valence-electron chi connectivity index (χ4n) is 1.20. The van der Waals surface area contributed by atoms with E-state index < -0.39 is 0 Å². The molecule has 0 aromatic carbocycles. The quantitative estimate of drug-likeness (QED) is 0.775. The molecule has 0 radical (unpaired) electrons. The van der Waals surface area contributed by atoms with E-state index in [1.54, 1.807) is 11.3 Å². The molecule has 1 aromatic heterocycles. The molecule has 3 heteroatoms. The first-order valence-corrected chi connectivity index (χ1v) is 6.12. The smallest absolute Gasteiger partial charge is 0.0954 e. The van der Waals surface area contributed by atoms with Crippen LogP contribution >= 0.6 is 11.3 Å². The number of rotatable bonds is 5. The second kappa shape index (κ2) is 5.89. The normalized spacial score (nSPS) is 12.7. The van der Waals surface area contributed by atoms with E-state index in [2.05, 4.69) is 42.4 Å². The second-order valence-electron chi connectivity index (χ2n) is 4.02. The maximum atomic E-state index is 5.24. The summed E-state index contributed by atoms with van der Waals surface area (Å²) in [5.41, 5.74) is 1.12. The van der Waals surface area contributed by atoms with Gasteiger partial charge in [-0.25, -0.2) is 4.98 Å². The van der Waals surface area contributed by atoms with Gasteiger partial charge in [-0.15, -0.1) is 23.7 Å². The summed E-state index contributed by atoms with van der Waals surface area (Å²) >= 11 is 1.73. The zero-order valence-corrected chi connectivity index (χ0v) is 10.4. The molecular weight excluding hydrogens is 204 g/mol. The Morgan fingerprint density at radius 2 is 2.27 bits per heavy atom. The molecule has 1 atom stereocenters. The number of terminal acetylenes is 1. The third-order valence-electron chi connectivity index (χ3n) is 2.12. The molecule has 1 N–H and O–H groups in total. The Labute approximate surface area is 96.1 Å². The first kappa shape index (κ1) is 12.2. The third kappa shape index (κ3) is 4.03. The Bertz CT molecular complexity index is 336. The Balaban J connectivity index is 2.41. The first-order chi connectivity index (χ1) is 7.13. The van der Waals surface area contributed by atoms with Gasteiger partial charge in [0.25, 0.3) is 0 Å². The lowest BCUT2D eigenvalue weighted by Crippen LogP contribution is -2.24. The van der Waals surface area contributed by atoms with Crippen molar-refractivity contribution < 1.29 is 0 Å². The highest BCUT2D eigenvalue weighted by Gasteiger charge is 2.06. The predicted molar refractivity (Wildman–Crippen MR) is 66.0 cm³/mol. The van der Waals surface area contributed by atoms with Crippen LogP contribution in [0.15, 0.2) is 5.38 Å². The molecule has 0 amide bonds. The van der Waals surface area contributed by atoms with Crippen molar-refractivity contribution >= 4 is 11.3 Å². The summed E-state index contributed by atoms with van der Waals surface area (Å²) in [7, 11) is 0. The summed E-state index contributed by atoms with van der Waals surface area (Å²) in [6.07, 6.45) is 6.00. The van der Waals surface area contributed by atoms with Crippen LogP contribution in [0.4, 0.5) is 0 Å². The van der Waals surface area contributed by atoms with Crippen LogP contribution in [0.25, 0.3) is 0 Å². The minimum atomic E-state index is 0.360.